The molecule has 8 heteroatoms. The van der Waals surface area contributed by atoms with E-state index in [-0.39, 0.29) is 17.6 Å². The van der Waals surface area contributed by atoms with Crippen LogP contribution in [0.1, 0.15) is 42.1 Å². The molecule has 146 valence electrons. The van der Waals surface area contributed by atoms with Crippen molar-refractivity contribution in [2.24, 2.45) is 0 Å². The third-order valence-electron chi connectivity index (χ3n) is 5.24. The van der Waals surface area contributed by atoms with Gasteiger partial charge in [-0.15, -0.1) is 0 Å². The number of carbonyl (C=O) groups is 1. The number of benzene rings is 2. The van der Waals surface area contributed by atoms with Crippen LogP contribution in [-0.2, 0) is 0 Å². The second-order valence-corrected chi connectivity index (χ2v) is 6.99. The van der Waals surface area contributed by atoms with Gasteiger partial charge in [0.15, 0.2) is 23.3 Å². The van der Waals surface area contributed by atoms with Crippen molar-refractivity contribution in [3.8, 4) is 0 Å². The summed E-state index contributed by atoms with van der Waals surface area (Å²) in [6.07, 6.45) is 4.17. The van der Waals surface area contributed by atoms with E-state index in [0.29, 0.717) is 36.7 Å². The Balaban J connectivity index is 1.43. The number of halogens is 4. The van der Waals surface area contributed by atoms with Crippen molar-refractivity contribution in [2.45, 2.75) is 37.8 Å². The van der Waals surface area contributed by atoms with Crippen LogP contribution >= 0.6 is 0 Å². The first kappa shape index (κ1) is 18.5. The van der Waals surface area contributed by atoms with Crippen molar-refractivity contribution >= 4 is 16.9 Å². The van der Waals surface area contributed by atoms with Gasteiger partial charge in [0.25, 0.3) is 5.91 Å². The number of nitrogens with one attached hydrogen (secondary N) is 1. The van der Waals surface area contributed by atoms with Crippen molar-refractivity contribution < 1.29 is 22.4 Å². The van der Waals surface area contributed by atoms with Gasteiger partial charge in [-0.25, -0.2) is 22.5 Å². The largest absolute Gasteiger partial charge is 0.349 e. The Morgan fingerprint density at radius 2 is 1.71 bits per heavy atom. The number of fused-ring (bicyclic) bond motifs is 1. The summed E-state index contributed by atoms with van der Waals surface area (Å²) in [5.41, 5.74) is 0.587. The zero-order valence-corrected chi connectivity index (χ0v) is 14.8. The molecule has 0 unspecified atom stereocenters. The topological polar surface area (TPSA) is 46.9 Å². The molecule has 0 aliphatic heterocycles. The lowest BCUT2D eigenvalue weighted by molar-refractivity contribution is 0.0917. The number of hydrogen-bond acceptors (Lipinski definition) is 2. The fourth-order valence-corrected chi connectivity index (χ4v) is 3.75. The van der Waals surface area contributed by atoms with Crippen molar-refractivity contribution in [1.29, 1.82) is 0 Å². The number of nitrogens with zero attached hydrogens (tertiary/aromatic N) is 2. The summed E-state index contributed by atoms with van der Waals surface area (Å²) < 4.78 is 55.8. The smallest absolute Gasteiger partial charge is 0.254 e. The van der Waals surface area contributed by atoms with E-state index in [1.807, 2.05) is 4.57 Å². The highest BCUT2D eigenvalue weighted by atomic mass is 19.2. The van der Waals surface area contributed by atoms with Crippen LogP contribution in [-0.4, -0.2) is 21.5 Å². The van der Waals surface area contributed by atoms with Crippen LogP contribution in [0.3, 0.4) is 0 Å². The van der Waals surface area contributed by atoms with E-state index >= 15 is 0 Å². The first-order valence-electron chi connectivity index (χ1n) is 9.00. The highest BCUT2D eigenvalue weighted by Crippen LogP contribution is 2.32. The van der Waals surface area contributed by atoms with E-state index in [4.69, 9.17) is 0 Å². The van der Waals surface area contributed by atoms with Gasteiger partial charge in [0.2, 0.25) is 0 Å². The number of amides is 1. The Labute approximate surface area is 158 Å². The lowest BCUT2D eigenvalue weighted by Crippen LogP contribution is -2.38. The first-order valence-corrected chi connectivity index (χ1v) is 9.00. The van der Waals surface area contributed by atoms with Gasteiger partial charge < -0.3 is 9.88 Å². The molecule has 1 N–H and O–H groups in total. The third kappa shape index (κ3) is 3.34. The number of imidazole rings is 1. The molecule has 1 amide bonds. The minimum Gasteiger partial charge on any atom is -0.349 e. The van der Waals surface area contributed by atoms with Crippen LogP contribution in [0.5, 0.6) is 0 Å². The maximum absolute atomic E-state index is 13.8. The van der Waals surface area contributed by atoms with E-state index in [1.165, 1.54) is 12.1 Å². The maximum atomic E-state index is 13.8. The third-order valence-corrected chi connectivity index (χ3v) is 5.24. The van der Waals surface area contributed by atoms with Crippen molar-refractivity contribution in [3.63, 3.8) is 0 Å². The SMILES string of the molecule is O=C(NC1CCC(n2cnc3cc(F)c(F)cc32)CC1)c1cccc(F)c1F. The van der Waals surface area contributed by atoms with E-state index in [0.717, 1.165) is 18.2 Å². The Bertz CT molecular complexity index is 1040. The molecule has 1 aromatic heterocycles. The van der Waals surface area contributed by atoms with Gasteiger partial charge in [-0.2, -0.15) is 0 Å². The summed E-state index contributed by atoms with van der Waals surface area (Å²) >= 11 is 0. The maximum Gasteiger partial charge on any atom is 0.254 e. The quantitative estimate of drug-likeness (QED) is 0.668. The Morgan fingerprint density at radius 1 is 1.00 bits per heavy atom. The molecule has 1 aliphatic rings. The number of aromatic nitrogens is 2. The Kier molecular flexibility index (Phi) is 4.78. The summed E-state index contributed by atoms with van der Waals surface area (Å²) in [5.74, 6) is -4.73. The highest BCUT2D eigenvalue weighted by Gasteiger charge is 2.26. The molecule has 0 spiro atoms. The molecule has 0 radical (unpaired) electrons. The average molecular weight is 391 g/mol. The van der Waals surface area contributed by atoms with E-state index in [1.54, 1.807) is 6.33 Å². The van der Waals surface area contributed by atoms with Gasteiger partial charge in [0, 0.05) is 24.2 Å². The summed E-state index contributed by atoms with van der Waals surface area (Å²) in [4.78, 5) is 16.4. The van der Waals surface area contributed by atoms with E-state index < -0.39 is 29.2 Å². The monoisotopic (exact) mass is 391 g/mol. The highest BCUT2D eigenvalue weighted by molar-refractivity contribution is 5.94. The number of rotatable bonds is 3. The molecule has 0 bridgehead atoms. The predicted molar refractivity (Wildman–Crippen MR) is 94.8 cm³/mol. The lowest BCUT2D eigenvalue weighted by atomic mass is 9.90. The van der Waals surface area contributed by atoms with Gasteiger partial charge >= 0.3 is 0 Å². The van der Waals surface area contributed by atoms with Gasteiger partial charge in [-0.3, -0.25) is 4.79 Å². The fourth-order valence-electron chi connectivity index (χ4n) is 3.75. The molecule has 1 heterocycles. The molecular formula is C20H17F4N3O. The van der Waals surface area contributed by atoms with Gasteiger partial charge in [-0.1, -0.05) is 6.07 Å². The second kappa shape index (κ2) is 7.26. The van der Waals surface area contributed by atoms with Crippen LogP contribution < -0.4 is 5.32 Å². The minimum absolute atomic E-state index is 0.0360. The summed E-state index contributed by atoms with van der Waals surface area (Å²) in [5, 5.41) is 2.74. The van der Waals surface area contributed by atoms with Gasteiger partial charge in [0.05, 0.1) is 22.9 Å². The molecule has 3 aromatic rings. The summed E-state index contributed by atoms with van der Waals surface area (Å²) in [6, 6.07) is 5.56. The molecule has 1 fully saturated rings. The van der Waals surface area contributed by atoms with Crippen LogP contribution in [0.25, 0.3) is 11.0 Å². The average Bonchev–Trinajstić information content (AvgIpc) is 3.07. The van der Waals surface area contributed by atoms with Crippen molar-refractivity contribution in [3.05, 3.63) is 65.5 Å². The van der Waals surface area contributed by atoms with Crippen LogP contribution in [0.4, 0.5) is 17.6 Å². The predicted octanol–water partition coefficient (Wildman–Crippen LogP) is 4.51. The van der Waals surface area contributed by atoms with Gasteiger partial charge in [-0.05, 0) is 37.8 Å². The fraction of sp³-hybridized carbons (Fsp3) is 0.300. The van der Waals surface area contributed by atoms with Crippen LogP contribution in [0.15, 0.2) is 36.7 Å². The molecular weight excluding hydrogens is 374 g/mol. The van der Waals surface area contributed by atoms with Crippen molar-refractivity contribution in [2.75, 3.05) is 0 Å². The normalized spacial score (nSPS) is 19.7. The summed E-state index contributed by atoms with van der Waals surface area (Å²) in [6.45, 7) is 0. The zero-order valence-electron chi connectivity index (χ0n) is 14.8. The van der Waals surface area contributed by atoms with E-state index in [9.17, 15) is 22.4 Å². The molecule has 28 heavy (non-hydrogen) atoms. The Morgan fingerprint density at radius 3 is 2.46 bits per heavy atom. The Hall–Kier alpha value is -2.90. The molecule has 4 nitrogen and oxygen atoms in total. The molecule has 4 rings (SSSR count). The molecule has 1 aliphatic carbocycles. The molecule has 1 saturated carbocycles. The van der Waals surface area contributed by atoms with Crippen LogP contribution in [0.2, 0.25) is 0 Å². The molecule has 0 saturated heterocycles. The van der Waals surface area contributed by atoms with Crippen molar-refractivity contribution in [1.82, 2.24) is 14.9 Å². The standard InChI is InChI=1S/C20H17F4N3O/c21-14-3-1-2-13(19(14)24)20(28)26-11-4-6-12(7-5-11)27-10-25-17-8-15(22)16(23)9-18(17)27/h1-3,8-12H,4-7H2,(H,26,28). The van der Waals surface area contributed by atoms with E-state index in [2.05, 4.69) is 10.3 Å². The first-order chi connectivity index (χ1) is 13.4. The van der Waals surface area contributed by atoms with Crippen LogP contribution in [0, 0.1) is 23.3 Å². The number of carbonyl (C=O) groups excluding carboxylic acids is 1. The lowest BCUT2D eigenvalue weighted by Gasteiger charge is -2.30. The molecule has 0 atom stereocenters. The summed E-state index contributed by atoms with van der Waals surface area (Å²) in [7, 11) is 0. The second-order valence-electron chi connectivity index (χ2n) is 6.99. The zero-order chi connectivity index (χ0) is 19.8. The minimum atomic E-state index is -1.16. The number of hydrogen-bond donors (Lipinski definition) is 1. The molecule has 2 aromatic carbocycles. The van der Waals surface area contributed by atoms with Gasteiger partial charge in [0.1, 0.15) is 0 Å².